The largest absolute Gasteiger partial charge is 0.444 e. The zero-order valence-corrected chi connectivity index (χ0v) is 25.1. The molecule has 2 heterocycles. The lowest BCUT2D eigenvalue weighted by atomic mass is 10.2. The standard InChI is InChI=1S/C17H26ClN3O2.C12H18ClN3/c1-17(2,3)23-16(22)19-8-9-20-10-12-21(13-11-20)15-6-4-14(18)5-7-15;13-11-1-3-12(4-2-11)16-9-7-15(6-5-14)8-10-16/h4-7H,8-13H2,1-3H3,(H,19,22);1-4H,5-10,14H2. The first kappa shape index (κ1) is 31.3. The lowest BCUT2D eigenvalue weighted by molar-refractivity contribution is 0.0521. The number of nitrogens with two attached hydrogens (primary N) is 1. The number of anilines is 2. The van der Waals surface area contributed by atoms with Gasteiger partial charge in [-0.1, -0.05) is 23.2 Å². The number of benzene rings is 2. The minimum Gasteiger partial charge on any atom is -0.444 e. The first-order valence-electron chi connectivity index (χ1n) is 13.8. The van der Waals surface area contributed by atoms with Gasteiger partial charge in [-0.3, -0.25) is 9.80 Å². The second kappa shape index (κ2) is 15.5. The molecule has 4 rings (SSSR count). The van der Waals surface area contributed by atoms with Gasteiger partial charge in [-0.05, 0) is 69.3 Å². The first-order chi connectivity index (χ1) is 18.6. The molecule has 39 heavy (non-hydrogen) atoms. The Labute approximate surface area is 243 Å². The number of ether oxygens (including phenoxy) is 1. The average molecular weight is 580 g/mol. The van der Waals surface area contributed by atoms with Crippen LogP contribution in [0, 0.1) is 0 Å². The van der Waals surface area contributed by atoms with Crippen molar-refractivity contribution >= 4 is 40.7 Å². The van der Waals surface area contributed by atoms with Crippen LogP contribution in [0.2, 0.25) is 10.0 Å². The van der Waals surface area contributed by atoms with Crippen LogP contribution in [0.3, 0.4) is 0 Å². The van der Waals surface area contributed by atoms with E-state index in [4.69, 9.17) is 33.7 Å². The van der Waals surface area contributed by atoms with Crippen LogP contribution in [0.4, 0.5) is 16.2 Å². The van der Waals surface area contributed by atoms with Gasteiger partial charge in [0, 0.05) is 100.0 Å². The maximum absolute atomic E-state index is 11.6. The molecule has 10 heteroatoms. The molecule has 2 saturated heterocycles. The lowest BCUT2D eigenvalue weighted by Crippen LogP contribution is -2.48. The molecular weight excluding hydrogens is 535 g/mol. The normalized spacial score (nSPS) is 16.9. The van der Waals surface area contributed by atoms with E-state index in [0.717, 1.165) is 82.0 Å². The summed E-state index contributed by atoms with van der Waals surface area (Å²) in [5, 5.41) is 4.37. The van der Waals surface area contributed by atoms with Gasteiger partial charge in [-0.25, -0.2) is 4.79 Å². The van der Waals surface area contributed by atoms with Crippen molar-refractivity contribution in [1.29, 1.82) is 0 Å². The number of rotatable bonds is 7. The summed E-state index contributed by atoms with van der Waals surface area (Å²) in [6.07, 6.45) is -0.350. The summed E-state index contributed by atoms with van der Waals surface area (Å²) in [5.74, 6) is 0. The topological polar surface area (TPSA) is 77.3 Å². The van der Waals surface area contributed by atoms with E-state index in [1.165, 1.54) is 11.4 Å². The molecular formula is C29H44Cl2N6O2. The van der Waals surface area contributed by atoms with E-state index in [9.17, 15) is 4.79 Å². The molecule has 2 aliphatic heterocycles. The fraction of sp³-hybridized carbons (Fsp3) is 0.552. The van der Waals surface area contributed by atoms with Gasteiger partial charge in [0.1, 0.15) is 5.60 Å². The van der Waals surface area contributed by atoms with Crippen LogP contribution in [0.5, 0.6) is 0 Å². The number of carbonyl (C=O) groups excluding carboxylic acids is 1. The number of piperazine rings is 2. The van der Waals surface area contributed by atoms with Gasteiger partial charge in [0.25, 0.3) is 0 Å². The molecule has 2 aromatic carbocycles. The molecule has 0 unspecified atom stereocenters. The van der Waals surface area contributed by atoms with Crippen LogP contribution in [0.15, 0.2) is 48.5 Å². The predicted molar refractivity (Wildman–Crippen MR) is 164 cm³/mol. The highest BCUT2D eigenvalue weighted by Gasteiger charge is 2.19. The Balaban J connectivity index is 0.000000230. The Morgan fingerprint density at radius 2 is 1.18 bits per heavy atom. The molecule has 3 N–H and O–H groups in total. The van der Waals surface area contributed by atoms with Gasteiger partial charge in [-0.15, -0.1) is 0 Å². The summed E-state index contributed by atoms with van der Waals surface area (Å²) < 4.78 is 5.22. The van der Waals surface area contributed by atoms with Crippen molar-refractivity contribution in [2.75, 3.05) is 88.3 Å². The number of hydrogen-bond donors (Lipinski definition) is 2. The Hall–Kier alpha value is -2.23. The van der Waals surface area contributed by atoms with Crippen molar-refractivity contribution in [3.8, 4) is 0 Å². The predicted octanol–water partition coefficient (Wildman–Crippen LogP) is 4.41. The van der Waals surface area contributed by atoms with E-state index in [-0.39, 0.29) is 6.09 Å². The van der Waals surface area contributed by atoms with Crippen molar-refractivity contribution in [3.63, 3.8) is 0 Å². The van der Waals surface area contributed by atoms with Crippen LogP contribution in [0.25, 0.3) is 0 Å². The quantitative estimate of drug-likeness (QED) is 0.504. The third kappa shape index (κ3) is 11.4. The van der Waals surface area contributed by atoms with E-state index in [0.29, 0.717) is 6.54 Å². The molecule has 0 bridgehead atoms. The first-order valence-corrected chi connectivity index (χ1v) is 14.5. The molecule has 0 atom stereocenters. The minimum absolute atomic E-state index is 0.350. The zero-order valence-electron chi connectivity index (χ0n) is 23.5. The van der Waals surface area contributed by atoms with Crippen LogP contribution >= 0.6 is 23.2 Å². The van der Waals surface area contributed by atoms with Crippen molar-refractivity contribution in [2.24, 2.45) is 5.73 Å². The van der Waals surface area contributed by atoms with Crippen LogP contribution in [0.1, 0.15) is 20.8 Å². The Morgan fingerprint density at radius 1 is 0.769 bits per heavy atom. The summed E-state index contributed by atoms with van der Waals surface area (Å²) in [7, 11) is 0. The van der Waals surface area contributed by atoms with E-state index >= 15 is 0 Å². The molecule has 1 amide bonds. The number of alkyl carbamates (subject to hydrolysis) is 1. The highest BCUT2D eigenvalue weighted by atomic mass is 35.5. The van der Waals surface area contributed by atoms with Crippen LogP contribution in [-0.4, -0.2) is 100 Å². The van der Waals surface area contributed by atoms with E-state index < -0.39 is 5.60 Å². The second-order valence-corrected chi connectivity index (χ2v) is 11.7. The van der Waals surface area contributed by atoms with Gasteiger partial charge in [0.15, 0.2) is 0 Å². The molecule has 2 fully saturated rings. The molecule has 216 valence electrons. The minimum atomic E-state index is -0.450. The Bertz CT molecular complexity index is 984. The molecule has 2 aliphatic rings. The van der Waals surface area contributed by atoms with Crippen molar-refractivity contribution in [2.45, 2.75) is 26.4 Å². The lowest BCUT2D eigenvalue weighted by Gasteiger charge is -2.36. The summed E-state index contributed by atoms with van der Waals surface area (Å²) in [6, 6.07) is 16.0. The van der Waals surface area contributed by atoms with Crippen molar-refractivity contribution in [3.05, 3.63) is 58.6 Å². The smallest absolute Gasteiger partial charge is 0.407 e. The SMILES string of the molecule is CC(C)(C)OC(=O)NCCN1CCN(c2ccc(Cl)cc2)CC1.NCCN1CCN(c2ccc(Cl)cc2)CC1. The van der Waals surface area contributed by atoms with Crippen LogP contribution < -0.4 is 20.9 Å². The fourth-order valence-corrected chi connectivity index (χ4v) is 4.83. The Kier molecular flexibility index (Phi) is 12.5. The van der Waals surface area contributed by atoms with E-state index in [2.05, 4.69) is 49.2 Å². The van der Waals surface area contributed by atoms with Gasteiger partial charge < -0.3 is 25.6 Å². The third-order valence-electron chi connectivity index (χ3n) is 6.67. The van der Waals surface area contributed by atoms with Crippen molar-refractivity contribution in [1.82, 2.24) is 15.1 Å². The van der Waals surface area contributed by atoms with E-state index in [1.54, 1.807) is 0 Å². The number of nitrogens with one attached hydrogen (secondary N) is 1. The molecule has 8 nitrogen and oxygen atoms in total. The molecule has 0 aliphatic carbocycles. The highest BCUT2D eigenvalue weighted by molar-refractivity contribution is 6.30. The number of carbonyl (C=O) groups is 1. The van der Waals surface area contributed by atoms with Gasteiger partial charge in [-0.2, -0.15) is 0 Å². The average Bonchev–Trinajstić information content (AvgIpc) is 2.90. The number of nitrogens with zero attached hydrogens (tertiary/aromatic N) is 4. The summed E-state index contributed by atoms with van der Waals surface area (Å²) >= 11 is 11.8. The molecule has 0 aromatic heterocycles. The number of halogens is 2. The summed E-state index contributed by atoms with van der Waals surface area (Å²) in [6.45, 7) is 17.1. The third-order valence-corrected chi connectivity index (χ3v) is 7.17. The maximum Gasteiger partial charge on any atom is 0.407 e. The number of hydrogen-bond acceptors (Lipinski definition) is 7. The molecule has 2 aromatic rings. The highest BCUT2D eigenvalue weighted by Crippen LogP contribution is 2.20. The van der Waals surface area contributed by atoms with Gasteiger partial charge >= 0.3 is 6.09 Å². The molecule has 0 radical (unpaired) electrons. The second-order valence-electron chi connectivity index (χ2n) is 10.8. The van der Waals surface area contributed by atoms with Crippen LogP contribution in [-0.2, 0) is 4.74 Å². The maximum atomic E-state index is 11.6. The monoisotopic (exact) mass is 578 g/mol. The number of amides is 1. The van der Waals surface area contributed by atoms with E-state index in [1.807, 2.05) is 45.0 Å². The summed E-state index contributed by atoms with van der Waals surface area (Å²) in [5.41, 5.74) is 7.57. The zero-order chi connectivity index (χ0) is 28.3. The Morgan fingerprint density at radius 3 is 1.56 bits per heavy atom. The summed E-state index contributed by atoms with van der Waals surface area (Å²) in [4.78, 5) is 21.1. The van der Waals surface area contributed by atoms with Gasteiger partial charge in [0.05, 0.1) is 0 Å². The fourth-order valence-electron chi connectivity index (χ4n) is 4.58. The molecule has 0 saturated carbocycles. The molecule has 0 spiro atoms. The van der Waals surface area contributed by atoms with Crippen molar-refractivity contribution < 1.29 is 9.53 Å². The van der Waals surface area contributed by atoms with Gasteiger partial charge in [0.2, 0.25) is 0 Å².